The number of anilines is 1. The molecule has 4 atom stereocenters. The van der Waals surface area contributed by atoms with E-state index in [4.69, 9.17) is 34.8 Å². The monoisotopic (exact) mass is 522 g/mol. The maximum atomic E-state index is 13.9. The summed E-state index contributed by atoms with van der Waals surface area (Å²) < 4.78 is 0. The van der Waals surface area contributed by atoms with Gasteiger partial charge in [-0.2, -0.15) is 0 Å². The van der Waals surface area contributed by atoms with Crippen molar-refractivity contribution in [2.45, 2.75) is 12.1 Å². The highest BCUT2D eigenvalue weighted by atomic mass is 35.5. The molecule has 2 fully saturated rings. The molecule has 3 heterocycles. The van der Waals surface area contributed by atoms with Crippen LogP contribution >= 0.6 is 34.8 Å². The van der Waals surface area contributed by atoms with E-state index in [0.717, 1.165) is 16.0 Å². The maximum absolute atomic E-state index is 13.9. The van der Waals surface area contributed by atoms with Gasteiger partial charge < -0.3 is 4.90 Å². The first-order valence-corrected chi connectivity index (χ1v) is 12.2. The standard InChI is InChI=1S/C27H17Cl3N2O3/c28-16-7-5-15(6-8-16)25(33)24-22-21(23-20-4-2-1-3-14(20)9-10-31(23)24)26(34)32(27(22)35)19-12-17(29)11-18(30)13-19/h1-13,21-24H. The number of nitrogens with zero attached hydrogens (tertiary/aromatic N) is 2. The molecule has 3 aliphatic rings. The Labute approximate surface area is 216 Å². The van der Waals surface area contributed by atoms with Gasteiger partial charge in [0.05, 0.1) is 23.6 Å². The third-order valence-electron chi connectivity index (χ3n) is 6.96. The van der Waals surface area contributed by atoms with Crippen molar-refractivity contribution >= 4 is 64.2 Å². The molecule has 0 aromatic heterocycles. The molecule has 35 heavy (non-hydrogen) atoms. The highest BCUT2D eigenvalue weighted by molar-refractivity contribution is 6.36. The number of Topliss-reactive ketones (excluding diaryl/α,β-unsaturated/α-hetero) is 1. The Morgan fingerprint density at radius 1 is 0.771 bits per heavy atom. The van der Waals surface area contributed by atoms with E-state index >= 15 is 0 Å². The summed E-state index contributed by atoms with van der Waals surface area (Å²) in [5.41, 5.74) is 2.59. The molecule has 174 valence electrons. The van der Waals surface area contributed by atoms with E-state index in [1.165, 1.54) is 18.2 Å². The molecular formula is C27H17Cl3N2O3. The van der Waals surface area contributed by atoms with Gasteiger partial charge in [0.2, 0.25) is 11.8 Å². The van der Waals surface area contributed by atoms with E-state index in [1.54, 1.807) is 24.3 Å². The molecule has 8 heteroatoms. The second-order valence-electron chi connectivity index (χ2n) is 8.84. The molecule has 0 saturated carbocycles. The number of hydrogen-bond donors (Lipinski definition) is 0. The van der Waals surface area contributed by atoms with E-state index in [0.29, 0.717) is 26.3 Å². The van der Waals surface area contributed by atoms with Crippen LogP contribution in [0.15, 0.2) is 72.9 Å². The predicted molar refractivity (Wildman–Crippen MR) is 136 cm³/mol. The lowest BCUT2D eigenvalue weighted by Crippen LogP contribution is -2.44. The molecule has 2 saturated heterocycles. The fourth-order valence-corrected chi connectivity index (χ4v) is 6.21. The minimum Gasteiger partial charge on any atom is -0.358 e. The predicted octanol–water partition coefficient (Wildman–Crippen LogP) is 6.05. The zero-order valence-electron chi connectivity index (χ0n) is 18.1. The second-order valence-corrected chi connectivity index (χ2v) is 10.2. The third kappa shape index (κ3) is 3.41. The lowest BCUT2D eigenvalue weighted by molar-refractivity contribution is -0.123. The molecule has 0 radical (unpaired) electrons. The van der Waals surface area contributed by atoms with E-state index in [-0.39, 0.29) is 11.7 Å². The first-order valence-electron chi connectivity index (χ1n) is 11.0. The summed E-state index contributed by atoms with van der Waals surface area (Å²) in [7, 11) is 0. The molecule has 3 aliphatic heterocycles. The van der Waals surface area contributed by atoms with Crippen LogP contribution in [0.25, 0.3) is 6.08 Å². The van der Waals surface area contributed by atoms with Gasteiger partial charge in [0.1, 0.15) is 6.04 Å². The first-order chi connectivity index (χ1) is 16.8. The average molecular weight is 524 g/mol. The quantitative estimate of drug-likeness (QED) is 0.310. The van der Waals surface area contributed by atoms with Gasteiger partial charge in [-0.15, -0.1) is 0 Å². The number of amides is 2. The molecule has 3 aromatic carbocycles. The number of carbonyl (C=O) groups excluding carboxylic acids is 3. The summed E-state index contributed by atoms with van der Waals surface area (Å²) in [5.74, 6) is -2.66. The minimum atomic E-state index is -0.871. The molecule has 0 N–H and O–H groups in total. The van der Waals surface area contributed by atoms with Crippen LogP contribution in [0.1, 0.15) is 27.5 Å². The summed E-state index contributed by atoms with van der Waals surface area (Å²) >= 11 is 18.4. The molecule has 0 bridgehead atoms. The van der Waals surface area contributed by atoms with Crippen LogP contribution in [0, 0.1) is 11.8 Å². The van der Waals surface area contributed by atoms with Crippen LogP contribution in [-0.4, -0.2) is 28.5 Å². The van der Waals surface area contributed by atoms with Crippen molar-refractivity contribution in [3.8, 4) is 0 Å². The summed E-state index contributed by atoms with van der Waals surface area (Å²) in [6.45, 7) is 0. The van der Waals surface area contributed by atoms with Crippen molar-refractivity contribution in [2.75, 3.05) is 4.90 Å². The van der Waals surface area contributed by atoms with E-state index in [1.807, 2.05) is 41.4 Å². The van der Waals surface area contributed by atoms with Crippen LogP contribution in [0.2, 0.25) is 15.1 Å². The number of carbonyl (C=O) groups is 3. The molecule has 3 aromatic rings. The van der Waals surface area contributed by atoms with Gasteiger partial charge in [-0.1, -0.05) is 59.1 Å². The summed E-state index contributed by atoms with van der Waals surface area (Å²) in [6.07, 6.45) is 3.74. The van der Waals surface area contributed by atoms with Gasteiger partial charge in [-0.3, -0.25) is 14.4 Å². The van der Waals surface area contributed by atoms with E-state index in [2.05, 4.69) is 0 Å². The van der Waals surface area contributed by atoms with Crippen LogP contribution < -0.4 is 4.90 Å². The van der Waals surface area contributed by atoms with Crippen molar-refractivity contribution < 1.29 is 14.4 Å². The van der Waals surface area contributed by atoms with E-state index in [9.17, 15) is 14.4 Å². The Morgan fingerprint density at radius 2 is 1.43 bits per heavy atom. The third-order valence-corrected chi connectivity index (χ3v) is 7.65. The van der Waals surface area contributed by atoms with Crippen molar-refractivity contribution in [3.63, 3.8) is 0 Å². The van der Waals surface area contributed by atoms with Crippen LogP contribution in [0.5, 0.6) is 0 Å². The molecule has 5 nitrogen and oxygen atoms in total. The SMILES string of the molecule is O=C(c1ccc(Cl)cc1)C1C2C(=O)N(c3cc(Cl)cc(Cl)c3)C(=O)C2C2c3ccccc3C=CN12. The van der Waals surface area contributed by atoms with Gasteiger partial charge in [0, 0.05) is 26.8 Å². The molecule has 6 rings (SSSR count). The normalized spacial score (nSPS) is 24.4. The number of benzene rings is 3. The minimum absolute atomic E-state index is 0.240. The summed E-state index contributed by atoms with van der Waals surface area (Å²) in [4.78, 5) is 44.6. The average Bonchev–Trinajstić information content (AvgIpc) is 3.31. The van der Waals surface area contributed by atoms with Gasteiger partial charge >= 0.3 is 0 Å². The molecule has 0 spiro atoms. The Bertz CT molecular complexity index is 1420. The van der Waals surface area contributed by atoms with Gasteiger partial charge in [-0.25, -0.2) is 4.90 Å². The largest absolute Gasteiger partial charge is 0.358 e. The Morgan fingerprint density at radius 3 is 2.14 bits per heavy atom. The zero-order valence-corrected chi connectivity index (χ0v) is 20.3. The van der Waals surface area contributed by atoms with Crippen molar-refractivity contribution in [1.82, 2.24) is 4.90 Å². The lowest BCUT2D eigenvalue weighted by Gasteiger charge is -2.35. The zero-order chi connectivity index (χ0) is 24.4. The van der Waals surface area contributed by atoms with Crippen molar-refractivity contribution in [1.29, 1.82) is 0 Å². The lowest BCUT2D eigenvalue weighted by atomic mass is 9.83. The number of ketones is 1. The topological polar surface area (TPSA) is 57.7 Å². The summed E-state index contributed by atoms with van der Waals surface area (Å²) in [6, 6.07) is 17.6. The fraction of sp³-hybridized carbons (Fsp3) is 0.148. The Balaban J connectivity index is 1.50. The van der Waals surface area contributed by atoms with Crippen LogP contribution in [-0.2, 0) is 9.59 Å². The second kappa shape index (κ2) is 8.23. The van der Waals surface area contributed by atoms with Crippen molar-refractivity contribution in [2.24, 2.45) is 11.8 Å². The molecule has 2 amide bonds. The van der Waals surface area contributed by atoms with Crippen LogP contribution in [0.3, 0.4) is 0 Å². The molecule has 0 aliphatic carbocycles. The number of fused-ring (bicyclic) bond motifs is 5. The van der Waals surface area contributed by atoms with E-state index < -0.39 is 29.8 Å². The maximum Gasteiger partial charge on any atom is 0.240 e. The highest BCUT2D eigenvalue weighted by Gasteiger charge is 2.64. The van der Waals surface area contributed by atoms with Gasteiger partial charge in [-0.05, 0) is 59.7 Å². The highest BCUT2D eigenvalue weighted by Crippen LogP contribution is 2.54. The number of rotatable bonds is 3. The smallest absolute Gasteiger partial charge is 0.240 e. The Kier molecular flexibility index (Phi) is 5.26. The number of imide groups is 1. The fourth-order valence-electron chi connectivity index (χ4n) is 5.56. The molecular weight excluding hydrogens is 507 g/mol. The number of hydrogen-bond acceptors (Lipinski definition) is 4. The van der Waals surface area contributed by atoms with Crippen molar-refractivity contribution in [3.05, 3.63) is 105 Å². The number of halogens is 3. The van der Waals surface area contributed by atoms with Gasteiger partial charge in [0.15, 0.2) is 5.78 Å². The summed E-state index contributed by atoms with van der Waals surface area (Å²) in [5, 5.41) is 1.13. The molecule has 4 unspecified atom stereocenters. The first kappa shape index (κ1) is 22.4. The Hall–Kier alpha value is -3.12. The van der Waals surface area contributed by atoms with Crippen LogP contribution in [0.4, 0.5) is 5.69 Å². The van der Waals surface area contributed by atoms with Gasteiger partial charge in [0.25, 0.3) is 0 Å².